The summed E-state index contributed by atoms with van der Waals surface area (Å²) in [6.45, 7) is 4.00. The predicted molar refractivity (Wildman–Crippen MR) is 81.1 cm³/mol. The number of anilines is 1. The smallest absolute Gasteiger partial charge is 0.262 e. The van der Waals surface area contributed by atoms with Crippen LogP contribution in [0.5, 0.6) is 0 Å². The highest BCUT2D eigenvalue weighted by Gasteiger charge is 2.17. The number of sulfonamides is 1. The molecule has 0 saturated carbocycles. The first-order valence-electron chi connectivity index (χ1n) is 6.31. The van der Waals surface area contributed by atoms with Gasteiger partial charge in [-0.05, 0) is 48.7 Å². The lowest BCUT2D eigenvalue weighted by Gasteiger charge is -2.12. The van der Waals surface area contributed by atoms with Gasteiger partial charge in [-0.15, -0.1) is 0 Å². The van der Waals surface area contributed by atoms with Crippen molar-refractivity contribution >= 4 is 15.7 Å². The van der Waals surface area contributed by atoms with Gasteiger partial charge in [0.1, 0.15) is 0 Å². The molecule has 2 aromatic rings. The molecule has 4 nitrogen and oxygen atoms in total. The Hall–Kier alpha value is -1.85. The minimum Gasteiger partial charge on any atom is -0.326 e. The Kier molecular flexibility index (Phi) is 4.11. The molecular formula is C15H18N2O2S. The summed E-state index contributed by atoms with van der Waals surface area (Å²) < 4.78 is 27.5. The van der Waals surface area contributed by atoms with Crippen molar-refractivity contribution in [2.45, 2.75) is 25.3 Å². The SMILES string of the molecule is Cc1cccc(NS(=O)(=O)c2cc(CN)ccc2C)c1. The van der Waals surface area contributed by atoms with Crippen LogP contribution in [0, 0.1) is 13.8 Å². The molecule has 3 N–H and O–H groups in total. The van der Waals surface area contributed by atoms with Gasteiger partial charge >= 0.3 is 0 Å². The van der Waals surface area contributed by atoms with Crippen LogP contribution in [-0.2, 0) is 16.6 Å². The van der Waals surface area contributed by atoms with Gasteiger partial charge in [0.05, 0.1) is 4.90 Å². The van der Waals surface area contributed by atoms with Crippen LogP contribution in [0.15, 0.2) is 47.4 Å². The summed E-state index contributed by atoms with van der Waals surface area (Å²) in [6, 6.07) is 12.5. The van der Waals surface area contributed by atoms with Crippen LogP contribution in [0.3, 0.4) is 0 Å². The topological polar surface area (TPSA) is 72.2 Å². The number of nitrogens with one attached hydrogen (secondary N) is 1. The molecule has 0 saturated heterocycles. The van der Waals surface area contributed by atoms with Crippen molar-refractivity contribution < 1.29 is 8.42 Å². The predicted octanol–water partition coefficient (Wildman–Crippen LogP) is 2.56. The quantitative estimate of drug-likeness (QED) is 0.909. The largest absolute Gasteiger partial charge is 0.326 e. The minimum atomic E-state index is -3.60. The first-order valence-corrected chi connectivity index (χ1v) is 7.80. The van der Waals surface area contributed by atoms with E-state index in [1.165, 1.54) is 0 Å². The van der Waals surface area contributed by atoms with Crippen LogP contribution in [-0.4, -0.2) is 8.42 Å². The molecule has 0 heterocycles. The van der Waals surface area contributed by atoms with Crippen LogP contribution in [0.4, 0.5) is 5.69 Å². The van der Waals surface area contributed by atoms with E-state index in [1.54, 1.807) is 31.2 Å². The molecule has 0 atom stereocenters. The van der Waals surface area contributed by atoms with Crippen LogP contribution >= 0.6 is 0 Å². The Morgan fingerprint density at radius 2 is 1.85 bits per heavy atom. The van der Waals surface area contributed by atoms with E-state index in [9.17, 15) is 8.42 Å². The average Bonchev–Trinajstić information content (AvgIpc) is 2.38. The van der Waals surface area contributed by atoms with Crippen molar-refractivity contribution in [1.29, 1.82) is 0 Å². The van der Waals surface area contributed by atoms with E-state index in [0.29, 0.717) is 17.8 Å². The average molecular weight is 290 g/mol. The van der Waals surface area contributed by atoms with E-state index in [1.807, 2.05) is 25.1 Å². The van der Waals surface area contributed by atoms with Crippen molar-refractivity contribution in [3.05, 3.63) is 59.2 Å². The van der Waals surface area contributed by atoms with Gasteiger partial charge in [-0.3, -0.25) is 4.72 Å². The maximum absolute atomic E-state index is 12.4. The molecule has 0 aliphatic carbocycles. The lowest BCUT2D eigenvalue weighted by Crippen LogP contribution is -2.15. The molecule has 0 spiro atoms. The first kappa shape index (κ1) is 14.6. The van der Waals surface area contributed by atoms with Crippen molar-refractivity contribution in [3.8, 4) is 0 Å². The highest BCUT2D eigenvalue weighted by Crippen LogP contribution is 2.21. The third kappa shape index (κ3) is 3.18. The van der Waals surface area contributed by atoms with Gasteiger partial charge in [-0.2, -0.15) is 0 Å². The fourth-order valence-electron chi connectivity index (χ4n) is 1.98. The molecule has 0 aliphatic rings. The maximum Gasteiger partial charge on any atom is 0.262 e. The minimum absolute atomic E-state index is 0.266. The molecule has 0 amide bonds. The van der Waals surface area contributed by atoms with E-state index >= 15 is 0 Å². The number of rotatable bonds is 4. The van der Waals surface area contributed by atoms with E-state index < -0.39 is 10.0 Å². The summed E-state index contributed by atoms with van der Waals surface area (Å²) in [5.41, 5.74) is 8.61. The monoisotopic (exact) mass is 290 g/mol. The van der Waals surface area contributed by atoms with Crippen LogP contribution in [0.1, 0.15) is 16.7 Å². The molecule has 0 fully saturated rings. The second-order valence-corrected chi connectivity index (χ2v) is 6.43. The van der Waals surface area contributed by atoms with Gasteiger partial charge in [0.15, 0.2) is 0 Å². The maximum atomic E-state index is 12.4. The standard InChI is InChI=1S/C15H18N2O2S/c1-11-4-3-5-14(8-11)17-20(18,19)15-9-13(10-16)7-6-12(15)2/h3-9,17H,10,16H2,1-2H3. The van der Waals surface area contributed by atoms with Crippen LogP contribution < -0.4 is 10.5 Å². The van der Waals surface area contributed by atoms with Gasteiger partial charge in [0, 0.05) is 12.2 Å². The molecule has 0 bridgehead atoms. The normalized spacial score (nSPS) is 11.3. The molecule has 20 heavy (non-hydrogen) atoms. The summed E-state index contributed by atoms with van der Waals surface area (Å²) in [4.78, 5) is 0.266. The third-order valence-corrected chi connectivity index (χ3v) is 4.57. The molecule has 5 heteroatoms. The van der Waals surface area contributed by atoms with Crippen LogP contribution in [0.25, 0.3) is 0 Å². The molecular weight excluding hydrogens is 272 g/mol. The summed E-state index contributed by atoms with van der Waals surface area (Å²) in [6.07, 6.45) is 0. The second kappa shape index (κ2) is 5.64. The van der Waals surface area contributed by atoms with E-state index in [4.69, 9.17) is 5.73 Å². The molecule has 0 aliphatic heterocycles. The van der Waals surface area contributed by atoms with E-state index in [2.05, 4.69) is 4.72 Å². The summed E-state index contributed by atoms with van der Waals surface area (Å²) >= 11 is 0. The van der Waals surface area contributed by atoms with Gasteiger partial charge in [-0.1, -0.05) is 24.3 Å². The zero-order valence-corrected chi connectivity index (χ0v) is 12.4. The number of hydrogen-bond acceptors (Lipinski definition) is 3. The number of aryl methyl sites for hydroxylation is 2. The fourth-order valence-corrected chi connectivity index (χ4v) is 3.33. The summed E-state index contributed by atoms with van der Waals surface area (Å²) in [5.74, 6) is 0. The lowest BCUT2D eigenvalue weighted by atomic mass is 10.1. The Labute approximate surface area is 119 Å². The van der Waals surface area contributed by atoms with Crippen LogP contribution in [0.2, 0.25) is 0 Å². The Balaban J connectivity index is 2.40. The van der Waals surface area contributed by atoms with Gasteiger partial charge in [-0.25, -0.2) is 8.42 Å². The van der Waals surface area contributed by atoms with Crippen molar-refractivity contribution in [2.24, 2.45) is 5.73 Å². The Morgan fingerprint density at radius 1 is 1.10 bits per heavy atom. The number of hydrogen-bond donors (Lipinski definition) is 2. The molecule has 106 valence electrons. The van der Waals surface area contributed by atoms with Crippen molar-refractivity contribution in [2.75, 3.05) is 4.72 Å². The molecule has 0 unspecified atom stereocenters. The second-order valence-electron chi connectivity index (χ2n) is 4.78. The lowest BCUT2D eigenvalue weighted by molar-refractivity contribution is 0.600. The fraction of sp³-hybridized carbons (Fsp3) is 0.200. The highest BCUT2D eigenvalue weighted by molar-refractivity contribution is 7.92. The summed E-state index contributed by atoms with van der Waals surface area (Å²) in [5, 5.41) is 0. The van der Waals surface area contributed by atoms with Gasteiger partial charge < -0.3 is 5.73 Å². The van der Waals surface area contributed by atoms with Crippen molar-refractivity contribution in [3.63, 3.8) is 0 Å². The Morgan fingerprint density at radius 3 is 2.50 bits per heavy atom. The molecule has 0 aromatic heterocycles. The molecule has 2 rings (SSSR count). The van der Waals surface area contributed by atoms with Gasteiger partial charge in [0.25, 0.3) is 10.0 Å². The molecule has 0 radical (unpaired) electrons. The first-order chi connectivity index (χ1) is 9.42. The third-order valence-electron chi connectivity index (χ3n) is 3.05. The zero-order valence-electron chi connectivity index (χ0n) is 11.6. The number of nitrogens with two attached hydrogens (primary N) is 1. The summed E-state index contributed by atoms with van der Waals surface area (Å²) in [7, 11) is -3.60. The van der Waals surface area contributed by atoms with E-state index in [-0.39, 0.29) is 4.90 Å². The zero-order chi connectivity index (χ0) is 14.8. The highest BCUT2D eigenvalue weighted by atomic mass is 32.2. The van der Waals surface area contributed by atoms with Gasteiger partial charge in [0.2, 0.25) is 0 Å². The van der Waals surface area contributed by atoms with Crippen molar-refractivity contribution in [1.82, 2.24) is 0 Å². The van der Waals surface area contributed by atoms with E-state index in [0.717, 1.165) is 11.1 Å². The molecule has 2 aromatic carbocycles. The Bertz CT molecular complexity index is 724. The number of benzene rings is 2.